The molecule has 1 aromatic carbocycles. The van der Waals surface area contributed by atoms with Crippen molar-refractivity contribution in [2.24, 2.45) is 5.92 Å². The molecule has 0 aliphatic heterocycles. The molecule has 0 heterocycles. The van der Waals surface area contributed by atoms with Crippen LogP contribution in [-0.2, 0) is 10.0 Å². The van der Waals surface area contributed by atoms with Crippen molar-refractivity contribution in [2.45, 2.75) is 18.7 Å². The summed E-state index contributed by atoms with van der Waals surface area (Å²) in [6.45, 7) is 4.07. The summed E-state index contributed by atoms with van der Waals surface area (Å²) in [6, 6.07) is 3.90. The van der Waals surface area contributed by atoms with E-state index in [0.717, 1.165) is 6.07 Å². The standard InChI is InChI=1S/C11H14BrNO4S/c1-7(2)6-13-18(16,17)8-3-4-10(12)9(5-8)11(14)15/h3-5,7,13H,6H2,1-2H3,(H,14,15). The molecule has 0 saturated heterocycles. The highest BCUT2D eigenvalue weighted by Crippen LogP contribution is 2.21. The minimum atomic E-state index is -3.66. The molecule has 0 spiro atoms. The van der Waals surface area contributed by atoms with Gasteiger partial charge in [-0.15, -0.1) is 0 Å². The first-order valence-electron chi connectivity index (χ1n) is 5.26. The molecule has 1 aromatic rings. The summed E-state index contributed by atoms with van der Waals surface area (Å²) in [5, 5.41) is 8.93. The second-order valence-corrected chi connectivity index (χ2v) is 6.81. The zero-order valence-electron chi connectivity index (χ0n) is 9.97. The van der Waals surface area contributed by atoms with Gasteiger partial charge in [-0.05, 0) is 40.0 Å². The lowest BCUT2D eigenvalue weighted by Gasteiger charge is -2.09. The van der Waals surface area contributed by atoms with Crippen LogP contribution in [0.5, 0.6) is 0 Å². The van der Waals surface area contributed by atoms with Crippen LogP contribution in [-0.4, -0.2) is 26.0 Å². The van der Waals surface area contributed by atoms with Crippen LogP contribution >= 0.6 is 15.9 Å². The molecule has 0 fully saturated rings. The van der Waals surface area contributed by atoms with Crippen LogP contribution in [0.4, 0.5) is 0 Å². The average molecular weight is 336 g/mol. The Morgan fingerprint density at radius 3 is 2.56 bits per heavy atom. The normalized spacial score (nSPS) is 11.8. The smallest absolute Gasteiger partial charge is 0.336 e. The van der Waals surface area contributed by atoms with Crippen molar-refractivity contribution >= 4 is 31.9 Å². The third-order valence-corrected chi connectivity index (χ3v) is 4.27. The summed E-state index contributed by atoms with van der Waals surface area (Å²) in [5.41, 5.74) is -0.0811. The van der Waals surface area contributed by atoms with Gasteiger partial charge in [0, 0.05) is 11.0 Å². The van der Waals surface area contributed by atoms with E-state index in [2.05, 4.69) is 20.7 Å². The van der Waals surface area contributed by atoms with Crippen molar-refractivity contribution in [3.8, 4) is 0 Å². The fraction of sp³-hybridized carbons (Fsp3) is 0.364. The Balaban J connectivity index is 3.10. The highest BCUT2D eigenvalue weighted by Gasteiger charge is 2.18. The van der Waals surface area contributed by atoms with Gasteiger partial charge >= 0.3 is 5.97 Å². The van der Waals surface area contributed by atoms with Gasteiger partial charge in [0.2, 0.25) is 10.0 Å². The molecule has 0 bridgehead atoms. The van der Waals surface area contributed by atoms with Crippen LogP contribution in [0.25, 0.3) is 0 Å². The Kier molecular flexibility index (Phi) is 4.89. The van der Waals surface area contributed by atoms with Gasteiger partial charge in [0.05, 0.1) is 10.5 Å². The molecule has 0 aliphatic carbocycles. The summed E-state index contributed by atoms with van der Waals surface area (Å²) in [7, 11) is -3.66. The van der Waals surface area contributed by atoms with Crippen molar-refractivity contribution in [3.05, 3.63) is 28.2 Å². The molecule has 100 valence electrons. The maximum atomic E-state index is 11.9. The minimum Gasteiger partial charge on any atom is -0.478 e. The number of hydrogen-bond donors (Lipinski definition) is 2. The molecule has 0 atom stereocenters. The SMILES string of the molecule is CC(C)CNS(=O)(=O)c1ccc(Br)c(C(=O)O)c1. The fourth-order valence-corrected chi connectivity index (χ4v) is 2.85. The Bertz CT molecular complexity index is 554. The number of carbonyl (C=O) groups is 1. The van der Waals surface area contributed by atoms with Crippen molar-refractivity contribution in [3.63, 3.8) is 0 Å². The molecule has 0 saturated carbocycles. The quantitative estimate of drug-likeness (QED) is 0.862. The lowest BCUT2D eigenvalue weighted by atomic mass is 10.2. The molecular formula is C11H14BrNO4S. The largest absolute Gasteiger partial charge is 0.478 e. The van der Waals surface area contributed by atoms with Gasteiger partial charge in [0.1, 0.15) is 0 Å². The van der Waals surface area contributed by atoms with E-state index >= 15 is 0 Å². The van der Waals surface area contributed by atoms with Crippen LogP contribution < -0.4 is 4.72 Å². The number of aromatic carboxylic acids is 1. The monoisotopic (exact) mass is 335 g/mol. The summed E-state index contributed by atoms with van der Waals surface area (Å²) < 4.78 is 26.6. The number of benzene rings is 1. The molecule has 5 nitrogen and oxygen atoms in total. The predicted octanol–water partition coefficient (Wildman–Crippen LogP) is 2.08. The van der Waals surface area contributed by atoms with E-state index in [4.69, 9.17) is 5.11 Å². The second-order valence-electron chi connectivity index (χ2n) is 4.19. The first-order chi connectivity index (χ1) is 8.24. The predicted molar refractivity (Wildman–Crippen MR) is 71.1 cm³/mol. The van der Waals surface area contributed by atoms with Crippen molar-refractivity contribution in [1.29, 1.82) is 0 Å². The summed E-state index contributed by atoms with van der Waals surface area (Å²) >= 11 is 3.06. The second kappa shape index (κ2) is 5.81. The summed E-state index contributed by atoms with van der Waals surface area (Å²) in [5.74, 6) is -1.00. The lowest BCUT2D eigenvalue weighted by Crippen LogP contribution is -2.27. The first-order valence-corrected chi connectivity index (χ1v) is 7.54. The number of hydrogen-bond acceptors (Lipinski definition) is 3. The van der Waals surface area contributed by atoms with Crippen molar-refractivity contribution in [1.82, 2.24) is 4.72 Å². The molecule has 18 heavy (non-hydrogen) atoms. The third kappa shape index (κ3) is 3.79. The van der Waals surface area contributed by atoms with Gasteiger partial charge in [-0.2, -0.15) is 0 Å². The molecular weight excluding hydrogens is 322 g/mol. The van der Waals surface area contributed by atoms with Crippen LogP contribution in [0, 0.1) is 5.92 Å². The Labute approximate surface area is 114 Å². The molecule has 0 radical (unpaired) electrons. The maximum Gasteiger partial charge on any atom is 0.336 e. The first kappa shape index (κ1) is 15.1. The Morgan fingerprint density at radius 1 is 1.44 bits per heavy atom. The molecule has 0 aliphatic rings. The van der Waals surface area contributed by atoms with E-state index in [0.29, 0.717) is 11.0 Å². The van der Waals surface area contributed by atoms with Crippen LogP contribution in [0.15, 0.2) is 27.6 Å². The van der Waals surface area contributed by atoms with Crippen LogP contribution in [0.2, 0.25) is 0 Å². The fourth-order valence-electron chi connectivity index (χ4n) is 1.20. The van der Waals surface area contributed by atoms with Gasteiger partial charge < -0.3 is 5.11 Å². The van der Waals surface area contributed by atoms with Gasteiger partial charge in [0.15, 0.2) is 0 Å². The Morgan fingerprint density at radius 2 is 2.06 bits per heavy atom. The van der Waals surface area contributed by atoms with E-state index in [-0.39, 0.29) is 16.4 Å². The molecule has 1 rings (SSSR count). The molecule has 0 unspecified atom stereocenters. The summed E-state index contributed by atoms with van der Waals surface area (Å²) in [4.78, 5) is 10.9. The van der Waals surface area contributed by atoms with Gasteiger partial charge in [-0.3, -0.25) is 0 Å². The van der Waals surface area contributed by atoms with E-state index in [1.54, 1.807) is 0 Å². The van der Waals surface area contributed by atoms with Crippen LogP contribution in [0.1, 0.15) is 24.2 Å². The zero-order chi connectivity index (χ0) is 13.9. The van der Waals surface area contributed by atoms with E-state index in [1.165, 1.54) is 12.1 Å². The molecule has 7 heteroatoms. The summed E-state index contributed by atoms with van der Waals surface area (Å²) in [6.07, 6.45) is 0. The van der Waals surface area contributed by atoms with Gasteiger partial charge in [0.25, 0.3) is 0 Å². The average Bonchev–Trinajstić information content (AvgIpc) is 2.26. The lowest BCUT2D eigenvalue weighted by molar-refractivity contribution is 0.0695. The van der Waals surface area contributed by atoms with E-state index < -0.39 is 16.0 Å². The number of carboxylic acids is 1. The molecule has 0 amide bonds. The molecule has 2 N–H and O–H groups in total. The van der Waals surface area contributed by atoms with E-state index in [9.17, 15) is 13.2 Å². The number of nitrogens with one attached hydrogen (secondary N) is 1. The highest BCUT2D eigenvalue weighted by atomic mass is 79.9. The number of halogens is 1. The van der Waals surface area contributed by atoms with Crippen molar-refractivity contribution < 1.29 is 18.3 Å². The number of rotatable bonds is 5. The number of sulfonamides is 1. The highest BCUT2D eigenvalue weighted by molar-refractivity contribution is 9.10. The van der Waals surface area contributed by atoms with Crippen molar-refractivity contribution in [2.75, 3.05) is 6.54 Å². The molecule has 0 aromatic heterocycles. The zero-order valence-corrected chi connectivity index (χ0v) is 12.4. The van der Waals surface area contributed by atoms with Gasteiger partial charge in [-0.1, -0.05) is 13.8 Å². The maximum absolute atomic E-state index is 11.9. The van der Waals surface area contributed by atoms with Crippen LogP contribution in [0.3, 0.4) is 0 Å². The van der Waals surface area contributed by atoms with Gasteiger partial charge in [-0.25, -0.2) is 17.9 Å². The Hall–Kier alpha value is -0.920. The third-order valence-electron chi connectivity index (χ3n) is 2.16. The van der Waals surface area contributed by atoms with E-state index in [1.807, 2.05) is 13.8 Å². The topological polar surface area (TPSA) is 83.5 Å². The minimum absolute atomic E-state index is 0.0521. The number of carboxylic acid groups (broad SMARTS) is 1.